The molecule has 3 aromatic carbocycles. The summed E-state index contributed by atoms with van der Waals surface area (Å²) in [5.41, 5.74) is 1.88. The topological polar surface area (TPSA) is 270 Å². The Morgan fingerprint density at radius 1 is 0.809 bits per heavy atom. The first-order valence-corrected chi connectivity index (χ1v) is 21.4. The smallest absolute Gasteiger partial charge is 0.339 e. The predicted molar refractivity (Wildman–Crippen MR) is 231 cm³/mol. The molecule has 7 N–H and O–H groups in total. The normalized spacial score (nSPS) is 15.9. The van der Waals surface area contributed by atoms with Gasteiger partial charge in [0.1, 0.15) is 29.3 Å². The van der Waals surface area contributed by atoms with E-state index in [1.165, 1.54) is 12.1 Å². The lowest BCUT2D eigenvalue weighted by Crippen LogP contribution is -2.56. The number of nitrogens with one attached hydrogen (secondary N) is 4. The molecule has 22 heteroatoms. The van der Waals surface area contributed by atoms with E-state index >= 15 is 4.39 Å². The molecule has 1 aliphatic heterocycles. The van der Waals surface area contributed by atoms with Crippen molar-refractivity contribution in [3.05, 3.63) is 106 Å². The second-order valence-electron chi connectivity index (χ2n) is 16.7. The SMILES string of the molecule is CCCC(NC(=O)C1CC(OCc2ccccc2)CN1C(=O)C(CCCC(=O)OC(C)(C)C)NC(=O)c1c(F)c(F)c(F)c(F)c1C(=O)O)C(=O)C(=O)NCC(=O)NC(C(N)=O)c1ccccc1. The fourth-order valence-corrected chi connectivity index (χ4v) is 7.18. The van der Waals surface area contributed by atoms with E-state index in [0.717, 1.165) is 4.90 Å². The fourth-order valence-electron chi connectivity index (χ4n) is 7.18. The molecule has 0 radical (unpaired) electrons. The van der Waals surface area contributed by atoms with Gasteiger partial charge in [-0.2, -0.15) is 0 Å². The Labute approximate surface area is 387 Å². The number of nitrogens with two attached hydrogens (primary N) is 1. The van der Waals surface area contributed by atoms with Crippen LogP contribution < -0.4 is 27.0 Å². The van der Waals surface area contributed by atoms with Gasteiger partial charge in [0, 0.05) is 19.4 Å². The van der Waals surface area contributed by atoms with E-state index in [0.29, 0.717) is 11.1 Å². The molecule has 1 heterocycles. The van der Waals surface area contributed by atoms with Gasteiger partial charge >= 0.3 is 11.9 Å². The minimum absolute atomic E-state index is 0.0207. The van der Waals surface area contributed by atoms with E-state index in [9.17, 15) is 61.4 Å². The average Bonchev–Trinajstić information content (AvgIpc) is 3.73. The molecule has 0 aromatic heterocycles. The molecular formula is C46H52F4N6O12. The Hall–Kier alpha value is -7.23. The first-order valence-electron chi connectivity index (χ1n) is 21.4. The first-order chi connectivity index (χ1) is 32.0. The van der Waals surface area contributed by atoms with Crippen LogP contribution in [0.15, 0.2) is 60.7 Å². The van der Waals surface area contributed by atoms with Gasteiger partial charge in [0.25, 0.3) is 11.8 Å². The zero-order valence-corrected chi connectivity index (χ0v) is 37.5. The van der Waals surface area contributed by atoms with Gasteiger partial charge in [0.05, 0.1) is 30.9 Å². The van der Waals surface area contributed by atoms with Crippen molar-refractivity contribution in [2.45, 2.75) is 109 Å². The Kier molecular flexibility index (Phi) is 18.8. The van der Waals surface area contributed by atoms with Crippen molar-refractivity contribution in [3.8, 4) is 0 Å². The predicted octanol–water partition coefficient (Wildman–Crippen LogP) is 3.05. The number of carbonyl (C=O) groups is 9. The second kappa shape index (κ2) is 24.0. The van der Waals surface area contributed by atoms with Crippen molar-refractivity contribution in [3.63, 3.8) is 0 Å². The van der Waals surface area contributed by atoms with Crippen LogP contribution in [0.25, 0.3) is 0 Å². The number of carbonyl (C=O) groups excluding carboxylic acids is 8. The molecule has 68 heavy (non-hydrogen) atoms. The highest BCUT2D eigenvalue weighted by molar-refractivity contribution is 6.38. The molecule has 366 valence electrons. The summed E-state index contributed by atoms with van der Waals surface area (Å²) in [5.74, 6) is -21.2. The molecule has 5 unspecified atom stereocenters. The Morgan fingerprint density at radius 2 is 1.41 bits per heavy atom. The summed E-state index contributed by atoms with van der Waals surface area (Å²) < 4.78 is 69.8. The molecule has 0 spiro atoms. The van der Waals surface area contributed by atoms with Crippen LogP contribution in [-0.4, -0.2) is 106 Å². The van der Waals surface area contributed by atoms with Crippen molar-refractivity contribution < 1.29 is 75.3 Å². The molecule has 0 saturated carbocycles. The van der Waals surface area contributed by atoms with Gasteiger partial charge in [-0.3, -0.25) is 38.4 Å². The second-order valence-corrected chi connectivity index (χ2v) is 16.7. The molecule has 0 bridgehead atoms. The third kappa shape index (κ3) is 14.4. The Balaban J connectivity index is 1.62. The van der Waals surface area contributed by atoms with Gasteiger partial charge in [0.2, 0.25) is 29.4 Å². The summed E-state index contributed by atoms with van der Waals surface area (Å²) in [5, 5.41) is 18.6. The molecule has 6 amide bonds. The average molecular weight is 957 g/mol. The minimum atomic E-state index is -2.52. The number of rotatable bonds is 22. The lowest BCUT2D eigenvalue weighted by molar-refractivity contribution is -0.155. The van der Waals surface area contributed by atoms with E-state index in [-0.39, 0.29) is 45.3 Å². The van der Waals surface area contributed by atoms with Crippen LogP contribution in [0.3, 0.4) is 0 Å². The van der Waals surface area contributed by atoms with E-state index in [1.54, 1.807) is 76.2 Å². The molecule has 3 aromatic rings. The van der Waals surface area contributed by atoms with Crippen LogP contribution in [0.1, 0.15) is 104 Å². The summed E-state index contributed by atoms with van der Waals surface area (Å²) in [6.07, 6.45) is -2.20. The van der Waals surface area contributed by atoms with E-state index in [4.69, 9.17) is 15.2 Å². The molecule has 18 nitrogen and oxygen atoms in total. The number of hydrogen-bond donors (Lipinski definition) is 6. The van der Waals surface area contributed by atoms with Crippen molar-refractivity contribution in [2.24, 2.45) is 5.73 Å². The number of hydrogen-bond acceptors (Lipinski definition) is 11. The van der Waals surface area contributed by atoms with E-state index in [2.05, 4.69) is 16.0 Å². The maximum absolute atomic E-state index is 15.1. The lowest BCUT2D eigenvalue weighted by Gasteiger charge is -2.30. The fraction of sp³-hybridized carbons (Fsp3) is 0.413. The number of nitrogens with zero attached hydrogens (tertiary/aromatic N) is 1. The molecule has 1 saturated heterocycles. The number of Topliss-reactive ketones (excluding diaryl/α,β-unsaturated/α-hetero) is 1. The molecule has 5 atom stereocenters. The Bertz CT molecular complexity index is 2390. The Morgan fingerprint density at radius 3 is 1.99 bits per heavy atom. The number of ketones is 1. The molecule has 1 aliphatic rings. The number of carboxylic acids is 1. The molecule has 4 rings (SSSR count). The minimum Gasteiger partial charge on any atom is -0.478 e. The largest absolute Gasteiger partial charge is 0.478 e. The number of halogens is 4. The monoisotopic (exact) mass is 956 g/mol. The summed E-state index contributed by atoms with van der Waals surface area (Å²) in [4.78, 5) is 119. The van der Waals surface area contributed by atoms with Crippen LogP contribution in [0.5, 0.6) is 0 Å². The number of primary amides is 1. The van der Waals surface area contributed by atoms with Crippen LogP contribution in [-0.2, 0) is 49.6 Å². The van der Waals surface area contributed by atoms with Crippen molar-refractivity contribution in [1.82, 2.24) is 26.2 Å². The maximum atomic E-state index is 15.1. The van der Waals surface area contributed by atoms with Crippen molar-refractivity contribution in [1.29, 1.82) is 0 Å². The van der Waals surface area contributed by atoms with Gasteiger partial charge in [-0.05, 0) is 51.2 Å². The van der Waals surface area contributed by atoms with Gasteiger partial charge in [-0.1, -0.05) is 74.0 Å². The number of carboxylic acid groups (broad SMARTS) is 1. The summed E-state index contributed by atoms with van der Waals surface area (Å²) in [6, 6.07) is 10.4. The molecule has 1 fully saturated rings. The zero-order valence-electron chi connectivity index (χ0n) is 37.5. The van der Waals surface area contributed by atoms with E-state index < -0.39 is 136 Å². The summed E-state index contributed by atoms with van der Waals surface area (Å²) in [7, 11) is 0. The van der Waals surface area contributed by atoms with Crippen LogP contribution in [0, 0.1) is 23.3 Å². The van der Waals surface area contributed by atoms with Gasteiger partial charge in [-0.15, -0.1) is 0 Å². The summed E-state index contributed by atoms with van der Waals surface area (Å²) >= 11 is 0. The number of amides is 6. The highest BCUT2D eigenvalue weighted by atomic mass is 19.2. The van der Waals surface area contributed by atoms with Crippen LogP contribution in [0.2, 0.25) is 0 Å². The quantitative estimate of drug-likeness (QED) is 0.0279. The number of likely N-dealkylation sites (tertiary alicyclic amines) is 1. The zero-order chi connectivity index (χ0) is 50.5. The number of aromatic carboxylic acids is 1. The van der Waals surface area contributed by atoms with Gasteiger partial charge in [-0.25, -0.2) is 22.4 Å². The number of benzene rings is 3. The number of ether oxygens (including phenoxy) is 2. The third-order valence-electron chi connectivity index (χ3n) is 10.3. The third-order valence-corrected chi connectivity index (χ3v) is 10.3. The maximum Gasteiger partial charge on any atom is 0.339 e. The molecular weight excluding hydrogens is 905 g/mol. The van der Waals surface area contributed by atoms with Gasteiger partial charge in [0.15, 0.2) is 23.3 Å². The molecule has 0 aliphatic carbocycles. The van der Waals surface area contributed by atoms with Gasteiger partial charge < -0.3 is 46.5 Å². The van der Waals surface area contributed by atoms with Crippen LogP contribution in [0.4, 0.5) is 17.6 Å². The van der Waals surface area contributed by atoms with Crippen molar-refractivity contribution in [2.75, 3.05) is 13.1 Å². The highest BCUT2D eigenvalue weighted by Crippen LogP contribution is 2.27. The highest BCUT2D eigenvalue weighted by Gasteiger charge is 2.44. The number of esters is 1. The van der Waals surface area contributed by atoms with E-state index in [1.807, 2.05) is 5.32 Å². The summed E-state index contributed by atoms with van der Waals surface area (Å²) in [6.45, 7) is 5.20. The lowest BCUT2D eigenvalue weighted by atomic mass is 10.0. The first kappa shape index (κ1) is 53.4. The van der Waals surface area contributed by atoms with Crippen molar-refractivity contribution >= 4 is 53.2 Å². The standard InChI is InChI=1S/C46H52F4N6O12/c1-5-13-27(39(59)43(63)52-21-30(57)55-38(40(51)60)25-16-10-7-11-17-25)53-41(61)29-20-26(67-23-24-14-8-6-9-15-24)22-56(29)44(64)28(18-12-19-31(58)68-46(2,3)4)54-42(62)32-33(45(65)66)35(48)37(50)36(49)34(32)47/h6-11,14-17,26-29,38H,5,12-13,18-23H2,1-4H3,(H2,51,60)(H,52,63)(H,53,61)(H,54,62)(H,55,57)(H,65,66). The van der Waals surface area contributed by atoms with Crippen LogP contribution >= 0.6 is 0 Å².